The Kier molecular flexibility index (Phi) is 8.27. The molecule has 0 saturated heterocycles. The van der Waals surface area contributed by atoms with Crippen molar-refractivity contribution < 1.29 is 0 Å². The van der Waals surface area contributed by atoms with Crippen molar-refractivity contribution in [2.75, 3.05) is 12.3 Å². The molecule has 0 unspecified atom stereocenters. The molecule has 1 aromatic rings. The van der Waals surface area contributed by atoms with Gasteiger partial charge in [-0.15, -0.1) is 0 Å². The van der Waals surface area contributed by atoms with Crippen molar-refractivity contribution >= 4 is 11.9 Å². The van der Waals surface area contributed by atoms with Gasteiger partial charge in [-0.25, -0.2) is 0 Å². The molecular formula is C14H23NS. The van der Waals surface area contributed by atoms with Crippen molar-refractivity contribution in [1.29, 1.82) is 0 Å². The zero-order valence-corrected chi connectivity index (χ0v) is 11.1. The Morgan fingerprint density at radius 3 is 2.50 bits per heavy atom. The van der Waals surface area contributed by atoms with E-state index in [-0.39, 0.29) is 0 Å². The summed E-state index contributed by atoms with van der Waals surface area (Å²) in [5.74, 6) is 1.25. The Balaban J connectivity index is 1.89. The third kappa shape index (κ3) is 6.91. The molecule has 0 aromatic heterocycles. The Bertz CT molecular complexity index is 248. The molecule has 0 aliphatic heterocycles. The number of rotatable bonds is 9. The van der Waals surface area contributed by atoms with Gasteiger partial charge in [-0.1, -0.05) is 62.0 Å². The highest BCUT2D eigenvalue weighted by Gasteiger charge is 1.93. The molecule has 0 amide bonds. The van der Waals surface area contributed by atoms with Crippen LogP contribution in [0.15, 0.2) is 30.3 Å². The minimum atomic E-state index is 1.07. The summed E-state index contributed by atoms with van der Waals surface area (Å²) in [6.07, 6.45) is 6.64. The van der Waals surface area contributed by atoms with Crippen molar-refractivity contribution in [3.63, 3.8) is 0 Å². The second kappa shape index (κ2) is 9.73. The van der Waals surface area contributed by atoms with Crippen molar-refractivity contribution in [1.82, 2.24) is 4.72 Å². The van der Waals surface area contributed by atoms with Crippen LogP contribution in [0.25, 0.3) is 0 Å². The average Bonchev–Trinajstić information content (AvgIpc) is 2.34. The van der Waals surface area contributed by atoms with Gasteiger partial charge in [0.1, 0.15) is 0 Å². The number of unbranched alkanes of at least 4 members (excludes halogenated alkanes) is 3. The zero-order valence-electron chi connectivity index (χ0n) is 10.2. The topological polar surface area (TPSA) is 12.0 Å². The highest BCUT2D eigenvalue weighted by atomic mass is 32.2. The van der Waals surface area contributed by atoms with Gasteiger partial charge in [0.25, 0.3) is 0 Å². The third-order valence-corrected chi connectivity index (χ3v) is 3.54. The SMILES string of the molecule is CCNSCCCCCCc1ccccc1. The molecular weight excluding hydrogens is 214 g/mol. The van der Waals surface area contributed by atoms with Gasteiger partial charge in [-0.3, -0.25) is 4.72 Å². The molecule has 0 atom stereocenters. The zero-order chi connectivity index (χ0) is 11.5. The molecule has 0 fully saturated rings. The number of hydrogen-bond acceptors (Lipinski definition) is 2. The molecule has 1 nitrogen and oxygen atoms in total. The van der Waals surface area contributed by atoms with Crippen molar-refractivity contribution in [2.24, 2.45) is 0 Å². The van der Waals surface area contributed by atoms with Crippen LogP contribution in [0, 0.1) is 0 Å². The van der Waals surface area contributed by atoms with Crippen LogP contribution in [0.2, 0.25) is 0 Å². The molecule has 1 rings (SSSR count). The summed E-state index contributed by atoms with van der Waals surface area (Å²) in [5, 5.41) is 0. The van der Waals surface area contributed by atoms with E-state index in [2.05, 4.69) is 42.0 Å². The fourth-order valence-electron chi connectivity index (χ4n) is 1.68. The second-order valence-electron chi connectivity index (χ2n) is 4.00. The second-order valence-corrected chi connectivity index (χ2v) is 4.98. The van der Waals surface area contributed by atoms with Gasteiger partial charge in [0.2, 0.25) is 0 Å². The summed E-state index contributed by atoms with van der Waals surface area (Å²) in [6.45, 7) is 3.21. The Morgan fingerprint density at radius 1 is 1.00 bits per heavy atom. The van der Waals surface area contributed by atoms with E-state index in [1.807, 2.05) is 11.9 Å². The van der Waals surface area contributed by atoms with Gasteiger partial charge in [-0.2, -0.15) is 0 Å². The Morgan fingerprint density at radius 2 is 1.75 bits per heavy atom. The van der Waals surface area contributed by atoms with Crippen LogP contribution in [0.1, 0.15) is 38.2 Å². The highest BCUT2D eigenvalue weighted by molar-refractivity contribution is 7.97. The number of aryl methyl sites for hydroxylation is 1. The van der Waals surface area contributed by atoms with Crippen LogP contribution in [-0.4, -0.2) is 12.3 Å². The highest BCUT2D eigenvalue weighted by Crippen LogP contribution is 2.09. The molecule has 0 spiro atoms. The van der Waals surface area contributed by atoms with E-state index in [0.29, 0.717) is 0 Å². The fraction of sp³-hybridized carbons (Fsp3) is 0.571. The molecule has 1 aromatic carbocycles. The van der Waals surface area contributed by atoms with Crippen LogP contribution in [0.4, 0.5) is 0 Å². The normalized spacial score (nSPS) is 10.6. The van der Waals surface area contributed by atoms with E-state index >= 15 is 0 Å². The fourth-order valence-corrected chi connectivity index (χ4v) is 2.37. The van der Waals surface area contributed by atoms with Gasteiger partial charge < -0.3 is 0 Å². The molecule has 0 heterocycles. The maximum Gasteiger partial charge on any atom is 0.00786 e. The lowest BCUT2D eigenvalue weighted by Gasteiger charge is -2.02. The summed E-state index contributed by atoms with van der Waals surface area (Å²) in [7, 11) is 0. The molecule has 0 aliphatic rings. The smallest absolute Gasteiger partial charge is 0.00786 e. The quantitative estimate of drug-likeness (QED) is 0.514. The summed E-state index contributed by atoms with van der Waals surface area (Å²) < 4.78 is 3.28. The molecule has 1 N–H and O–H groups in total. The largest absolute Gasteiger partial charge is 0.264 e. The minimum absolute atomic E-state index is 1.07. The van der Waals surface area contributed by atoms with Crippen molar-refractivity contribution in [3.8, 4) is 0 Å². The summed E-state index contributed by atoms with van der Waals surface area (Å²) in [4.78, 5) is 0. The maximum atomic E-state index is 3.28. The van der Waals surface area contributed by atoms with Crippen LogP contribution in [0.5, 0.6) is 0 Å². The monoisotopic (exact) mass is 237 g/mol. The lowest BCUT2D eigenvalue weighted by molar-refractivity contribution is 0.670. The van der Waals surface area contributed by atoms with E-state index in [4.69, 9.17) is 0 Å². The molecule has 0 radical (unpaired) electrons. The molecule has 16 heavy (non-hydrogen) atoms. The van der Waals surface area contributed by atoms with Gasteiger partial charge in [0, 0.05) is 12.3 Å². The molecule has 0 bridgehead atoms. The van der Waals surface area contributed by atoms with Gasteiger partial charge in [0.15, 0.2) is 0 Å². The summed E-state index contributed by atoms with van der Waals surface area (Å²) in [6, 6.07) is 10.8. The standard InChI is InChI=1S/C14H23NS/c1-2-15-16-13-9-4-3-6-10-14-11-7-5-8-12-14/h5,7-8,11-12,15H,2-4,6,9-10,13H2,1H3. The Hall–Kier alpha value is -0.470. The minimum Gasteiger partial charge on any atom is -0.264 e. The van der Waals surface area contributed by atoms with Crippen molar-refractivity contribution in [2.45, 2.75) is 39.0 Å². The molecule has 0 aliphatic carbocycles. The first-order chi connectivity index (χ1) is 7.93. The summed E-state index contributed by atoms with van der Waals surface area (Å²) in [5.41, 5.74) is 1.48. The molecule has 0 saturated carbocycles. The van der Waals surface area contributed by atoms with Crippen LogP contribution in [0.3, 0.4) is 0 Å². The van der Waals surface area contributed by atoms with E-state index < -0.39 is 0 Å². The average molecular weight is 237 g/mol. The predicted molar refractivity (Wildman–Crippen MR) is 74.7 cm³/mol. The lowest BCUT2D eigenvalue weighted by atomic mass is 10.1. The van der Waals surface area contributed by atoms with E-state index in [0.717, 1.165) is 6.54 Å². The van der Waals surface area contributed by atoms with Gasteiger partial charge in [0.05, 0.1) is 0 Å². The first-order valence-corrected chi connectivity index (χ1v) is 7.30. The number of benzene rings is 1. The van der Waals surface area contributed by atoms with E-state index in [9.17, 15) is 0 Å². The van der Waals surface area contributed by atoms with Crippen molar-refractivity contribution in [3.05, 3.63) is 35.9 Å². The first kappa shape index (κ1) is 13.6. The molecule has 2 heteroatoms. The Labute approximate surface area is 104 Å². The first-order valence-electron chi connectivity index (χ1n) is 6.32. The maximum absolute atomic E-state index is 3.28. The van der Waals surface area contributed by atoms with Gasteiger partial charge in [-0.05, 0) is 24.8 Å². The van der Waals surface area contributed by atoms with Crippen LogP contribution in [-0.2, 0) is 6.42 Å². The third-order valence-electron chi connectivity index (χ3n) is 2.55. The predicted octanol–water partition coefficient (Wildman–Crippen LogP) is 4.05. The van der Waals surface area contributed by atoms with Gasteiger partial charge >= 0.3 is 0 Å². The number of nitrogens with one attached hydrogen (secondary N) is 1. The molecule has 90 valence electrons. The van der Waals surface area contributed by atoms with E-state index in [1.165, 1.54) is 43.4 Å². The number of hydrogen-bond donors (Lipinski definition) is 1. The lowest BCUT2D eigenvalue weighted by Crippen LogP contribution is -2.01. The van der Waals surface area contributed by atoms with E-state index in [1.54, 1.807) is 0 Å². The van der Waals surface area contributed by atoms with Crippen LogP contribution >= 0.6 is 11.9 Å². The summed E-state index contributed by atoms with van der Waals surface area (Å²) >= 11 is 1.86. The van der Waals surface area contributed by atoms with Crippen LogP contribution < -0.4 is 4.72 Å².